The van der Waals surface area contributed by atoms with Gasteiger partial charge in [-0.3, -0.25) is 14.6 Å². The van der Waals surface area contributed by atoms with E-state index >= 15 is 0 Å². The number of allylic oxidation sites excluding steroid dienone is 1. The van der Waals surface area contributed by atoms with Crippen LogP contribution < -0.4 is 0 Å². The molecule has 5 unspecified atom stereocenters. The predicted octanol–water partition coefficient (Wildman–Crippen LogP) is 14.1. The van der Waals surface area contributed by atoms with Gasteiger partial charge in [0.05, 0.1) is 30.4 Å². The van der Waals surface area contributed by atoms with Gasteiger partial charge in [-0.1, -0.05) is 119 Å². The standard InChI is InChI=1S/C46H84ClNO6Si3/c1-21-36(42(51)46(13,14)39(32-40(49)50)53-56(17,18)44(7,8)9)41(54-57(19,20)45(10,11)12)34(3)26-24-25-33(2)28-29-38(52-55(15,16)43(4,5)6)37(47)31-35-27-22-23-30-48-35/h22-23,27-28,30-31,34,36,38-39,41H,21,24-26,29,32H2,1-20H3,(H,49,50). The Bertz CT molecular complexity index is 1500. The minimum atomic E-state index is -2.40. The van der Waals surface area contributed by atoms with Crippen LogP contribution in [0.15, 0.2) is 41.1 Å². The highest BCUT2D eigenvalue weighted by atomic mass is 35.5. The third-order valence-electron chi connectivity index (χ3n) is 13.4. The van der Waals surface area contributed by atoms with Crippen LogP contribution in [0, 0.1) is 17.3 Å². The van der Waals surface area contributed by atoms with Crippen LogP contribution in [0.25, 0.3) is 6.08 Å². The number of pyridine rings is 1. The Morgan fingerprint density at radius 2 is 1.35 bits per heavy atom. The Kier molecular flexibility index (Phi) is 19.7. The van der Waals surface area contributed by atoms with Crippen molar-refractivity contribution in [2.75, 3.05) is 0 Å². The molecule has 1 aromatic rings. The lowest BCUT2D eigenvalue weighted by molar-refractivity contribution is -0.147. The van der Waals surface area contributed by atoms with E-state index in [2.05, 4.69) is 133 Å². The summed E-state index contributed by atoms with van der Waals surface area (Å²) in [6.45, 7) is 43.4. The SMILES string of the molecule is CCC(C(=O)C(C)(C)C(CC(=O)O)O[Si](C)(C)C(C)(C)C)C(O[Si](C)(C)C(C)(C)C)C(C)CCCC(C)=CCC(O[Si](C)(C)C(C)(C)C)C(Cl)=Cc1ccccn1. The normalized spacial score (nSPS) is 17.2. The number of nitrogens with zero attached hydrogens (tertiary/aromatic N) is 1. The summed E-state index contributed by atoms with van der Waals surface area (Å²) in [7, 11) is -6.83. The molecule has 0 saturated heterocycles. The number of hydrogen-bond donors (Lipinski definition) is 1. The fourth-order valence-electron chi connectivity index (χ4n) is 6.17. The molecule has 0 saturated carbocycles. The molecule has 0 fully saturated rings. The molecule has 1 aromatic heterocycles. The van der Waals surface area contributed by atoms with Crippen LogP contribution in [-0.2, 0) is 22.9 Å². The van der Waals surface area contributed by atoms with E-state index in [1.807, 2.05) is 38.1 Å². The molecule has 1 heterocycles. The summed E-state index contributed by atoms with van der Waals surface area (Å²) < 4.78 is 20.9. The molecule has 328 valence electrons. The third kappa shape index (κ3) is 15.9. The van der Waals surface area contributed by atoms with E-state index in [1.165, 1.54) is 5.57 Å². The van der Waals surface area contributed by atoms with Gasteiger partial charge < -0.3 is 18.4 Å². The van der Waals surface area contributed by atoms with E-state index in [9.17, 15) is 14.7 Å². The van der Waals surface area contributed by atoms with Crippen molar-refractivity contribution in [3.8, 4) is 0 Å². The Balaban J connectivity index is 3.44. The highest BCUT2D eigenvalue weighted by molar-refractivity contribution is 6.75. The van der Waals surface area contributed by atoms with E-state index < -0.39 is 48.4 Å². The van der Waals surface area contributed by atoms with Crippen molar-refractivity contribution in [3.63, 3.8) is 0 Å². The minimum absolute atomic E-state index is 0.0324. The Morgan fingerprint density at radius 1 is 0.842 bits per heavy atom. The molecule has 0 bridgehead atoms. The number of Topliss-reactive ketones (excluding diaryl/α,β-unsaturated/α-hetero) is 1. The summed E-state index contributed by atoms with van der Waals surface area (Å²) in [4.78, 5) is 31.6. The second kappa shape index (κ2) is 20.9. The molecule has 5 atom stereocenters. The van der Waals surface area contributed by atoms with Crippen LogP contribution >= 0.6 is 11.6 Å². The number of ketones is 1. The average Bonchev–Trinajstić information content (AvgIpc) is 3.04. The molecule has 0 aliphatic carbocycles. The van der Waals surface area contributed by atoms with Gasteiger partial charge >= 0.3 is 5.97 Å². The number of carboxylic acids is 1. The van der Waals surface area contributed by atoms with Gasteiger partial charge in [-0.15, -0.1) is 0 Å². The first-order valence-corrected chi connectivity index (χ1v) is 30.4. The summed E-state index contributed by atoms with van der Waals surface area (Å²) >= 11 is 7.00. The average molecular weight is 867 g/mol. The number of aromatic nitrogens is 1. The van der Waals surface area contributed by atoms with Crippen LogP contribution in [0.1, 0.15) is 141 Å². The molecule has 0 amide bonds. The van der Waals surface area contributed by atoms with Gasteiger partial charge in [-0.2, -0.15) is 0 Å². The van der Waals surface area contributed by atoms with Gasteiger partial charge in [0.2, 0.25) is 0 Å². The van der Waals surface area contributed by atoms with Gasteiger partial charge in [0.1, 0.15) is 5.78 Å². The lowest BCUT2D eigenvalue weighted by atomic mass is 9.71. The molecular formula is C46H84ClNO6Si3. The minimum Gasteiger partial charge on any atom is -0.481 e. The van der Waals surface area contributed by atoms with Gasteiger partial charge in [0.15, 0.2) is 25.0 Å². The van der Waals surface area contributed by atoms with Crippen molar-refractivity contribution < 1.29 is 28.0 Å². The number of rotatable bonds is 22. The third-order valence-corrected chi connectivity index (χ3v) is 27.2. The first kappa shape index (κ1) is 53.6. The highest BCUT2D eigenvalue weighted by Crippen LogP contribution is 2.45. The summed E-state index contributed by atoms with van der Waals surface area (Å²) in [5.74, 6) is -1.23. The Labute approximate surface area is 358 Å². The predicted molar refractivity (Wildman–Crippen MR) is 250 cm³/mol. The zero-order valence-electron chi connectivity index (χ0n) is 39.9. The molecule has 0 aromatic carbocycles. The fourth-order valence-corrected chi connectivity index (χ4v) is 10.7. The van der Waals surface area contributed by atoms with E-state index in [-0.39, 0.29) is 45.4 Å². The van der Waals surface area contributed by atoms with Gasteiger partial charge in [0.25, 0.3) is 0 Å². The largest absolute Gasteiger partial charge is 0.481 e. The molecule has 0 aliphatic rings. The topological polar surface area (TPSA) is 95.0 Å². The zero-order valence-corrected chi connectivity index (χ0v) is 43.7. The quantitative estimate of drug-likeness (QED) is 0.0916. The highest BCUT2D eigenvalue weighted by Gasteiger charge is 2.50. The number of hydrogen-bond acceptors (Lipinski definition) is 6. The second-order valence-electron chi connectivity index (χ2n) is 21.7. The van der Waals surface area contributed by atoms with Crippen LogP contribution in [0.4, 0.5) is 0 Å². The maximum atomic E-state index is 14.9. The van der Waals surface area contributed by atoms with E-state index in [0.29, 0.717) is 17.9 Å². The monoisotopic (exact) mass is 866 g/mol. The van der Waals surface area contributed by atoms with Gasteiger partial charge in [-0.05, 0) is 118 Å². The van der Waals surface area contributed by atoms with E-state index in [0.717, 1.165) is 25.0 Å². The molecule has 7 nitrogen and oxygen atoms in total. The second-order valence-corrected chi connectivity index (χ2v) is 36.4. The van der Waals surface area contributed by atoms with Crippen LogP contribution in [0.5, 0.6) is 0 Å². The summed E-state index contributed by atoms with van der Waals surface area (Å²) in [5.41, 5.74) is 1.06. The first-order valence-electron chi connectivity index (χ1n) is 21.3. The molecular weight excluding hydrogens is 782 g/mol. The number of carboxylic acid groups (broad SMARTS) is 1. The fraction of sp³-hybridized carbons (Fsp3) is 0.761. The van der Waals surface area contributed by atoms with Crippen molar-refractivity contribution >= 4 is 54.4 Å². The molecule has 57 heavy (non-hydrogen) atoms. The maximum absolute atomic E-state index is 14.9. The summed E-state index contributed by atoms with van der Waals surface area (Å²) in [5, 5.41) is 10.5. The van der Waals surface area contributed by atoms with Crippen molar-refractivity contribution in [1.82, 2.24) is 4.98 Å². The summed E-state index contributed by atoms with van der Waals surface area (Å²) in [6.07, 6.45) is 8.43. The number of carbonyl (C=O) groups excluding carboxylic acids is 1. The maximum Gasteiger partial charge on any atom is 0.305 e. The molecule has 0 aliphatic heterocycles. The Hall–Kier alpha value is -1.41. The van der Waals surface area contributed by atoms with Crippen molar-refractivity contribution in [1.29, 1.82) is 0 Å². The Morgan fingerprint density at radius 3 is 1.81 bits per heavy atom. The van der Waals surface area contributed by atoms with Gasteiger partial charge in [-0.25, -0.2) is 0 Å². The number of halogens is 1. The molecule has 1 N–H and O–H groups in total. The first-order chi connectivity index (χ1) is 25.6. The number of aliphatic carboxylic acids is 1. The molecule has 11 heteroatoms. The lowest BCUT2D eigenvalue weighted by Crippen LogP contribution is -2.54. The summed E-state index contributed by atoms with van der Waals surface area (Å²) in [6, 6.07) is 5.81. The molecule has 0 spiro atoms. The molecule has 0 radical (unpaired) electrons. The number of carbonyl (C=O) groups is 2. The van der Waals surface area contributed by atoms with Crippen LogP contribution in [-0.4, -0.2) is 65.1 Å². The molecule has 1 rings (SSSR count). The van der Waals surface area contributed by atoms with Crippen molar-refractivity contribution in [3.05, 3.63) is 46.8 Å². The van der Waals surface area contributed by atoms with Crippen molar-refractivity contribution in [2.24, 2.45) is 17.3 Å². The lowest BCUT2D eigenvalue weighted by Gasteiger charge is -2.47. The smallest absolute Gasteiger partial charge is 0.305 e. The van der Waals surface area contributed by atoms with Crippen molar-refractivity contribution in [2.45, 2.75) is 208 Å². The zero-order chi connectivity index (χ0) is 44.6. The van der Waals surface area contributed by atoms with Crippen LogP contribution in [0.2, 0.25) is 54.4 Å². The van der Waals surface area contributed by atoms with Crippen LogP contribution in [0.3, 0.4) is 0 Å². The van der Waals surface area contributed by atoms with E-state index in [1.54, 1.807) is 6.20 Å². The van der Waals surface area contributed by atoms with E-state index in [4.69, 9.17) is 24.9 Å². The van der Waals surface area contributed by atoms with Gasteiger partial charge in [0, 0.05) is 22.6 Å².